The number of rotatable bonds is 6. The second-order valence-corrected chi connectivity index (χ2v) is 4.99. The van der Waals surface area contributed by atoms with Crippen LogP contribution in [0, 0.1) is 0 Å². The van der Waals surface area contributed by atoms with E-state index in [2.05, 4.69) is 10.3 Å². The normalized spacial score (nSPS) is 10.6. The van der Waals surface area contributed by atoms with Crippen molar-refractivity contribution in [2.24, 2.45) is 0 Å². The van der Waals surface area contributed by atoms with E-state index in [1.165, 1.54) is 11.3 Å². The van der Waals surface area contributed by atoms with Gasteiger partial charge in [-0.1, -0.05) is 0 Å². The summed E-state index contributed by atoms with van der Waals surface area (Å²) in [7, 11) is 3.26. The summed E-state index contributed by atoms with van der Waals surface area (Å²) in [6, 6.07) is 5.57. The van der Waals surface area contributed by atoms with Gasteiger partial charge < -0.3 is 14.8 Å². The van der Waals surface area contributed by atoms with E-state index in [-0.39, 0.29) is 5.91 Å². The van der Waals surface area contributed by atoms with Crippen LogP contribution in [0.25, 0.3) is 10.2 Å². The Balaban J connectivity index is 2.05. The van der Waals surface area contributed by atoms with Crippen LogP contribution in [-0.2, 0) is 4.74 Å². The van der Waals surface area contributed by atoms with Crippen molar-refractivity contribution in [3.05, 3.63) is 23.2 Å². The number of benzene rings is 1. The van der Waals surface area contributed by atoms with Gasteiger partial charge in [-0.3, -0.25) is 4.79 Å². The lowest BCUT2D eigenvalue weighted by molar-refractivity contribution is 0.0948. The number of nitrogens with zero attached hydrogens (tertiary/aromatic N) is 1. The maximum Gasteiger partial charge on any atom is 0.280 e. The minimum Gasteiger partial charge on any atom is -0.497 e. The number of carbonyl (C=O) groups is 1. The number of hydrogen-bond donors (Lipinski definition) is 1. The molecule has 5 nitrogen and oxygen atoms in total. The monoisotopic (exact) mass is 280 g/mol. The molecule has 0 aliphatic heterocycles. The molecule has 0 saturated carbocycles. The van der Waals surface area contributed by atoms with Gasteiger partial charge in [0.25, 0.3) is 5.91 Å². The van der Waals surface area contributed by atoms with Crippen LogP contribution >= 0.6 is 11.3 Å². The second kappa shape index (κ2) is 6.49. The van der Waals surface area contributed by atoms with Crippen LogP contribution < -0.4 is 10.1 Å². The maximum atomic E-state index is 11.9. The average molecular weight is 280 g/mol. The average Bonchev–Trinajstić information content (AvgIpc) is 2.86. The first kappa shape index (κ1) is 13.8. The second-order valence-electron chi connectivity index (χ2n) is 3.95. The fourth-order valence-corrected chi connectivity index (χ4v) is 2.53. The first-order valence-electron chi connectivity index (χ1n) is 5.96. The molecular formula is C13H16N2O3S. The molecule has 1 aromatic carbocycles. The van der Waals surface area contributed by atoms with Gasteiger partial charge in [-0.15, -0.1) is 11.3 Å². The first-order valence-corrected chi connectivity index (χ1v) is 6.78. The summed E-state index contributed by atoms with van der Waals surface area (Å²) in [6.45, 7) is 1.23. The molecule has 0 saturated heterocycles. The van der Waals surface area contributed by atoms with Crippen molar-refractivity contribution in [2.75, 3.05) is 27.4 Å². The smallest absolute Gasteiger partial charge is 0.280 e. The Labute approximate surface area is 115 Å². The van der Waals surface area contributed by atoms with E-state index in [0.29, 0.717) is 18.2 Å². The van der Waals surface area contributed by atoms with Gasteiger partial charge in [0.2, 0.25) is 0 Å². The largest absolute Gasteiger partial charge is 0.497 e. The van der Waals surface area contributed by atoms with Crippen molar-refractivity contribution < 1.29 is 14.3 Å². The molecule has 0 spiro atoms. The molecule has 2 aromatic rings. The van der Waals surface area contributed by atoms with E-state index in [4.69, 9.17) is 9.47 Å². The van der Waals surface area contributed by atoms with Crippen LogP contribution in [0.3, 0.4) is 0 Å². The minimum absolute atomic E-state index is 0.142. The topological polar surface area (TPSA) is 60.5 Å². The van der Waals surface area contributed by atoms with Gasteiger partial charge in [-0.05, 0) is 24.6 Å². The van der Waals surface area contributed by atoms with Gasteiger partial charge in [-0.25, -0.2) is 4.98 Å². The molecule has 0 fully saturated rings. The predicted molar refractivity (Wildman–Crippen MR) is 75.0 cm³/mol. The number of fused-ring (bicyclic) bond motifs is 1. The molecule has 6 heteroatoms. The van der Waals surface area contributed by atoms with Crippen molar-refractivity contribution in [3.63, 3.8) is 0 Å². The molecule has 2 rings (SSSR count). The highest BCUT2D eigenvalue weighted by Gasteiger charge is 2.12. The summed E-state index contributed by atoms with van der Waals surface area (Å²) in [5.74, 6) is 0.625. The number of thiazole rings is 1. The van der Waals surface area contributed by atoms with E-state index in [0.717, 1.165) is 22.4 Å². The number of aromatic nitrogens is 1. The van der Waals surface area contributed by atoms with Gasteiger partial charge >= 0.3 is 0 Å². The Kier molecular flexibility index (Phi) is 4.70. The molecular weight excluding hydrogens is 264 g/mol. The number of amides is 1. The van der Waals surface area contributed by atoms with E-state index < -0.39 is 0 Å². The van der Waals surface area contributed by atoms with E-state index in [1.54, 1.807) is 14.2 Å². The van der Waals surface area contributed by atoms with Crippen LogP contribution in [0.1, 0.15) is 16.2 Å². The number of ether oxygens (including phenoxy) is 2. The summed E-state index contributed by atoms with van der Waals surface area (Å²) in [5, 5.41) is 3.29. The fraction of sp³-hybridized carbons (Fsp3) is 0.385. The minimum atomic E-state index is -0.142. The zero-order valence-corrected chi connectivity index (χ0v) is 11.8. The van der Waals surface area contributed by atoms with Crippen molar-refractivity contribution in [1.82, 2.24) is 10.3 Å². The summed E-state index contributed by atoms with van der Waals surface area (Å²) in [4.78, 5) is 16.2. The summed E-state index contributed by atoms with van der Waals surface area (Å²) >= 11 is 1.36. The molecule has 1 amide bonds. The Hall–Kier alpha value is -1.66. The SMILES string of the molecule is COCCCNC(=O)c1nc2ccc(OC)cc2s1. The number of nitrogens with one attached hydrogen (secondary N) is 1. The van der Waals surface area contributed by atoms with Gasteiger partial charge in [0.1, 0.15) is 5.75 Å². The van der Waals surface area contributed by atoms with Crippen molar-refractivity contribution >= 4 is 27.5 Å². The fourth-order valence-electron chi connectivity index (χ4n) is 1.62. The Morgan fingerprint density at radius 1 is 1.42 bits per heavy atom. The molecule has 0 radical (unpaired) electrons. The zero-order valence-electron chi connectivity index (χ0n) is 10.9. The molecule has 0 aliphatic rings. The van der Waals surface area contributed by atoms with E-state index in [1.807, 2.05) is 18.2 Å². The predicted octanol–water partition coefficient (Wildman–Crippen LogP) is 2.07. The molecule has 0 atom stereocenters. The quantitative estimate of drug-likeness (QED) is 0.823. The van der Waals surface area contributed by atoms with E-state index >= 15 is 0 Å². The Morgan fingerprint density at radius 3 is 3.00 bits per heavy atom. The third-order valence-electron chi connectivity index (χ3n) is 2.60. The first-order chi connectivity index (χ1) is 9.24. The van der Waals surface area contributed by atoms with Crippen LogP contribution in [-0.4, -0.2) is 38.3 Å². The van der Waals surface area contributed by atoms with Gasteiger partial charge in [-0.2, -0.15) is 0 Å². The Bertz CT molecular complexity index is 568. The van der Waals surface area contributed by atoms with Gasteiger partial charge in [0, 0.05) is 20.3 Å². The molecule has 0 aliphatic carbocycles. The third kappa shape index (κ3) is 3.42. The van der Waals surface area contributed by atoms with Crippen LogP contribution in [0.5, 0.6) is 5.75 Å². The lowest BCUT2D eigenvalue weighted by Crippen LogP contribution is -2.24. The Morgan fingerprint density at radius 2 is 2.26 bits per heavy atom. The third-order valence-corrected chi connectivity index (χ3v) is 3.62. The zero-order chi connectivity index (χ0) is 13.7. The summed E-state index contributed by atoms with van der Waals surface area (Å²) in [5.41, 5.74) is 0.813. The lowest BCUT2D eigenvalue weighted by atomic mass is 10.3. The van der Waals surface area contributed by atoms with Gasteiger partial charge in [0.05, 0.1) is 17.3 Å². The summed E-state index contributed by atoms with van der Waals surface area (Å²) in [6.07, 6.45) is 0.793. The molecule has 102 valence electrons. The number of hydrogen-bond acceptors (Lipinski definition) is 5. The van der Waals surface area contributed by atoms with Gasteiger partial charge in [0.15, 0.2) is 5.01 Å². The van der Waals surface area contributed by atoms with Crippen molar-refractivity contribution in [2.45, 2.75) is 6.42 Å². The highest BCUT2D eigenvalue weighted by Crippen LogP contribution is 2.26. The number of carbonyl (C=O) groups excluding carboxylic acids is 1. The molecule has 1 aromatic heterocycles. The molecule has 1 N–H and O–H groups in total. The maximum absolute atomic E-state index is 11.9. The highest BCUT2D eigenvalue weighted by molar-refractivity contribution is 7.20. The van der Waals surface area contributed by atoms with Crippen LogP contribution in [0.15, 0.2) is 18.2 Å². The number of methoxy groups -OCH3 is 2. The molecule has 19 heavy (non-hydrogen) atoms. The van der Waals surface area contributed by atoms with Crippen LogP contribution in [0.4, 0.5) is 0 Å². The molecule has 0 bridgehead atoms. The van der Waals surface area contributed by atoms with Crippen molar-refractivity contribution in [3.8, 4) is 5.75 Å². The molecule has 0 unspecified atom stereocenters. The summed E-state index contributed by atoms with van der Waals surface area (Å²) < 4.78 is 11.0. The molecule has 1 heterocycles. The highest BCUT2D eigenvalue weighted by atomic mass is 32.1. The van der Waals surface area contributed by atoms with Crippen molar-refractivity contribution in [1.29, 1.82) is 0 Å². The lowest BCUT2D eigenvalue weighted by Gasteiger charge is -2.01. The van der Waals surface area contributed by atoms with E-state index in [9.17, 15) is 4.79 Å². The standard InChI is InChI=1S/C13H16N2O3S/c1-17-7-3-6-14-12(16)13-15-10-5-4-9(18-2)8-11(10)19-13/h4-5,8H,3,6-7H2,1-2H3,(H,14,16). The van der Waals surface area contributed by atoms with Crippen LogP contribution in [0.2, 0.25) is 0 Å².